The van der Waals surface area contributed by atoms with Gasteiger partial charge >= 0.3 is 0 Å². The fourth-order valence-electron chi connectivity index (χ4n) is 9.63. The van der Waals surface area contributed by atoms with Crippen molar-refractivity contribution in [2.75, 3.05) is 4.90 Å². The number of rotatable bonds is 7. The minimum atomic E-state index is 1.09. The average molecular weight is 789 g/mol. The molecule has 62 heavy (non-hydrogen) atoms. The molecule has 0 saturated heterocycles. The largest absolute Gasteiger partial charge is 0.310 e. The predicted molar refractivity (Wildman–Crippen MR) is 264 cm³/mol. The Morgan fingerprint density at radius 2 is 0.871 bits per heavy atom. The molecule has 1 aromatic heterocycles. The standard InChI is InChI=1S/C60H40N2/c1-2-18-48(19-3-1)62-58-26-11-10-24-56(58)60-53(25-13-27-59(60)62)46-17-12-20-51(39-46)61(49-34-30-42(31-35-49)45-29-28-41-14-4-5-15-44(41)38-45)50-36-32-43(33-37-50)57-40-47-16-6-7-21-52(47)54-22-8-9-23-55(54)57/h1-40H. The number of nitrogens with zero attached hydrogens (tertiary/aromatic N) is 2. The van der Waals surface area contributed by atoms with Crippen LogP contribution in [-0.4, -0.2) is 4.57 Å². The van der Waals surface area contributed by atoms with E-state index in [9.17, 15) is 0 Å². The molecule has 0 aliphatic rings. The zero-order chi connectivity index (χ0) is 41.0. The zero-order valence-electron chi connectivity index (χ0n) is 34.0. The summed E-state index contributed by atoms with van der Waals surface area (Å²) in [5.41, 5.74) is 14.0. The van der Waals surface area contributed by atoms with Gasteiger partial charge in [-0.3, -0.25) is 0 Å². The molecule has 11 aromatic carbocycles. The van der Waals surface area contributed by atoms with Crippen LogP contribution < -0.4 is 4.90 Å². The highest BCUT2D eigenvalue weighted by Gasteiger charge is 2.19. The number of para-hydroxylation sites is 2. The third-order valence-electron chi connectivity index (χ3n) is 12.5. The van der Waals surface area contributed by atoms with E-state index in [1.54, 1.807) is 0 Å². The number of hydrogen-bond donors (Lipinski definition) is 0. The highest BCUT2D eigenvalue weighted by molar-refractivity contribution is 6.16. The Labute approximate surface area is 360 Å². The molecule has 0 unspecified atom stereocenters. The highest BCUT2D eigenvalue weighted by atomic mass is 15.1. The van der Waals surface area contributed by atoms with Crippen molar-refractivity contribution in [2.45, 2.75) is 0 Å². The second kappa shape index (κ2) is 14.8. The van der Waals surface area contributed by atoms with Crippen molar-refractivity contribution < 1.29 is 0 Å². The summed E-state index contributed by atoms with van der Waals surface area (Å²) in [7, 11) is 0. The SMILES string of the molecule is c1ccc(-n2c3ccccc3c3c(-c4cccc(N(c5ccc(-c6ccc7ccccc7c6)cc5)c5ccc(-c6cc7ccccc7c7ccccc67)cc5)c4)cccc32)cc1. The van der Waals surface area contributed by atoms with Gasteiger partial charge in [-0.1, -0.05) is 170 Å². The fourth-order valence-corrected chi connectivity index (χ4v) is 9.63. The molecular weight excluding hydrogens is 749 g/mol. The van der Waals surface area contributed by atoms with Gasteiger partial charge in [0.15, 0.2) is 0 Å². The molecule has 0 atom stereocenters. The summed E-state index contributed by atoms with van der Waals surface area (Å²) in [6.45, 7) is 0. The van der Waals surface area contributed by atoms with E-state index in [2.05, 4.69) is 252 Å². The minimum Gasteiger partial charge on any atom is -0.310 e. The molecular formula is C60H40N2. The molecule has 0 amide bonds. The molecule has 0 N–H and O–H groups in total. The van der Waals surface area contributed by atoms with Gasteiger partial charge in [0, 0.05) is 33.5 Å². The molecule has 0 bridgehead atoms. The maximum absolute atomic E-state index is 2.39. The molecule has 0 aliphatic carbocycles. The van der Waals surface area contributed by atoms with Crippen LogP contribution in [0, 0.1) is 0 Å². The van der Waals surface area contributed by atoms with Crippen molar-refractivity contribution in [3.63, 3.8) is 0 Å². The first-order valence-electron chi connectivity index (χ1n) is 21.3. The zero-order valence-corrected chi connectivity index (χ0v) is 34.0. The van der Waals surface area contributed by atoms with Crippen molar-refractivity contribution in [1.29, 1.82) is 0 Å². The quantitative estimate of drug-likeness (QED) is 0.146. The molecule has 2 heteroatoms. The average Bonchev–Trinajstić information content (AvgIpc) is 3.69. The van der Waals surface area contributed by atoms with Crippen LogP contribution in [0.4, 0.5) is 17.1 Å². The molecule has 290 valence electrons. The van der Waals surface area contributed by atoms with E-state index in [1.807, 2.05) is 0 Å². The second-order valence-corrected chi connectivity index (χ2v) is 16.1. The topological polar surface area (TPSA) is 8.17 Å². The number of benzene rings is 11. The Morgan fingerprint density at radius 3 is 1.66 bits per heavy atom. The van der Waals surface area contributed by atoms with Crippen LogP contribution in [0.1, 0.15) is 0 Å². The van der Waals surface area contributed by atoms with Crippen LogP contribution in [0.15, 0.2) is 243 Å². The molecule has 0 saturated carbocycles. The summed E-state index contributed by atoms with van der Waals surface area (Å²) >= 11 is 0. The van der Waals surface area contributed by atoms with Gasteiger partial charge in [0.25, 0.3) is 0 Å². The normalized spacial score (nSPS) is 11.5. The highest BCUT2D eigenvalue weighted by Crippen LogP contribution is 2.43. The molecule has 2 nitrogen and oxygen atoms in total. The lowest BCUT2D eigenvalue weighted by Crippen LogP contribution is -2.10. The van der Waals surface area contributed by atoms with Gasteiger partial charge in [-0.15, -0.1) is 0 Å². The van der Waals surface area contributed by atoms with E-state index in [4.69, 9.17) is 0 Å². The second-order valence-electron chi connectivity index (χ2n) is 16.1. The third-order valence-corrected chi connectivity index (χ3v) is 12.5. The van der Waals surface area contributed by atoms with E-state index in [0.29, 0.717) is 0 Å². The number of anilines is 3. The van der Waals surface area contributed by atoms with Crippen LogP contribution in [0.25, 0.3) is 93.2 Å². The Hall–Kier alpha value is -8.20. The van der Waals surface area contributed by atoms with Crippen LogP contribution in [-0.2, 0) is 0 Å². The summed E-state index contributed by atoms with van der Waals surface area (Å²) in [6, 6.07) is 88.5. The third kappa shape index (κ3) is 6.04. The van der Waals surface area contributed by atoms with Gasteiger partial charge in [0.1, 0.15) is 0 Å². The number of aromatic nitrogens is 1. The van der Waals surface area contributed by atoms with Crippen molar-refractivity contribution in [1.82, 2.24) is 4.57 Å². The molecule has 12 aromatic rings. The van der Waals surface area contributed by atoms with Crippen LogP contribution in [0.2, 0.25) is 0 Å². The summed E-state index contributed by atoms with van der Waals surface area (Å²) in [5.74, 6) is 0. The van der Waals surface area contributed by atoms with Gasteiger partial charge in [-0.2, -0.15) is 0 Å². The smallest absolute Gasteiger partial charge is 0.0547 e. The molecule has 1 heterocycles. The first kappa shape index (κ1) is 35.7. The van der Waals surface area contributed by atoms with Crippen molar-refractivity contribution in [2.24, 2.45) is 0 Å². The predicted octanol–water partition coefficient (Wildman–Crippen LogP) is 16.7. The van der Waals surface area contributed by atoms with E-state index < -0.39 is 0 Å². The maximum Gasteiger partial charge on any atom is 0.0547 e. The molecule has 0 fully saturated rings. The summed E-state index contributed by atoms with van der Waals surface area (Å²) in [6.07, 6.45) is 0. The molecule has 0 aliphatic heterocycles. The monoisotopic (exact) mass is 788 g/mol. The van der Waals surface area contributed by atoms with E-state index in [0.717, 1.165) is 22.7 Å². The Morgan fingerprint density at radius 1 is 0.274 bits per heavy atom. The van der Waals surface area contributed by atoms with Crippen LogP contribution in [0.3, 0.4) is 0 Å². The Balaban J connectivity index is 1.00. The number of hydrogen-bond acceptors (Lipinski definition) is 1. The van der Waals surface area contributed by atoms with Crippen LogP contribution >= 0.6 is 0 Å². The van der Waals surface area contributed by atoms with E-state index >= 15 is 0 Å². The maximum atomic E-state index is 2.39. The van der Waals surface area contributed by atoms with E-state index in [-0.39, 0.29) is 0 Å². The minimum absolute atomic E-state index is 1.09. The Bertz CT molecular complexity index is 3620. The first-order chi connectivity index (χ1) is 30.7. The molecule has 0 radical (unpaired) electrons. The van der Waals surface area contributed by atoms with Gasteiger partial charge in [-0.25, -0.2) is 0 Å². The lowest BCUT2D eigenvalue weighted by Gasteiger charge is -2.26. The molecule has 12 rings (SSSR count). The summed E-state index contributed by atoms with van der Waals surface area (Å²) in [5, 5.41) is 10.0. The summed E-state index contributed by atoms with van der Waals surface area (Å²) < 4.78 is 2.39. The van der Waals surface area contributed by atoms with Crippen molar-refractivity contribution in [3.05, 3.63) is 243 Å². The van der Waals surface area contributed by atoms with Gasteiger partial charge in [0.2, 0.25) is 0 Å². The van der Waals surface area contributed by atoms with Gasteiger partial charge in [-0.05, 0) is 138 Å². The number of fused-ring (bicyclic) bond motifs is 7. The van der Waals surface area contributed by atoms with Gasteiger partial charge in [0.05, 0.1) is 11.0 Å². The van der Waals surface area contributed by atoms with Crippen molar-refractivity contribution in [3.8, 4) is 39.1 Å². The van der Waals surface area contributed by atoms with Crippen LogP contribution in [0.5, 0.6) is 0 Å². The van der Waals surface area contributed by atoms with Crippen molar-refractivity contribution >= 4 is 71.2 Å². The lowest BCUT2D eigenvalue weighted by atomic mass is 9.93. The molecule has 0 spiro atoms. The fraction of sp³-hybridized carbons (Fsp3) is 0. The lowest BCUT2D eigenvalue weighted by molar-refractivity contribution is 1.18. The van der Waals surface area contributed by atoms with Gasteiger partial charge < -0.3 is 9.47 Å². The summed E-state index contributed by atoms with van der Waals surface area (Å²) in [4.78, 5) is 2.39. The first-order valence-corrected chi connectivity index (χ1v) is 21.3. The van der Waals surface area contributed by atoms with E-state index in [1.165, 1.54) is 87.5 Å². The Kier molecular flexibility index (Phi) is 8.53.